The first-order valence-corrected chi connectivity index (χ1v) is 12.6. The minimum absolute atomic E-state index is 0.0722. The van der Waals surface area contributed by atoms with Gasteiger partial charge in [-0.05, 0) is 78.5 Å². The van der Waals surface area contributed by atoms with Crippen LogP contribution in [0.3, 0.4) is 0 Å². The van der Waals surface area contributed by atoms with Gasteiger partial charge in [0.05, 0.1) is 11.4 Å². The van der Waals surface area contributed by atoms with Crippen LogP contribution in [0.25, 0.3) is 11.2 Å². The van der Waals surface area contributed by atoms with Gasteiger partial charge in [0.1, 0.15) is 11.8 Å². The van der Waals surface area contributed by atoms with Crippen molar-refractivity contribution in [1.82, 2.24) is 19.5 Å². The topological polar surface area (TPSA) is 104 Å². The molecule has 1 aliphatic carbocycles. The number of aryl methyl sites for hydroxylation is 4. The summed E-state index contributed by atoms with van der Waals surface area (Å²) in [5.74, 6) is -0.0722. The second kappa shape index (κ2) is 7.88. The number of nitrogens with two attached hydrogens (primary N) is 1. The first kappa shape index (κ1) is 20.0. The Labute approximate surface area is 181 Å². The summed E-state index contributed by atoms with van der Waals surface area (Å²) in [5, 5.41) is 5.96. The Morgan fingerprint density at radius 2 is 2.00 bits per heavy atom. The van der Waals surface area contributed by atoms with Crippen molar-refractivity contribution in [3.63, 3.8) is 0 Å². The van der Waals surface area contributed by atoms with E-state index in [1.165, 1.54) is 27.4 Å². The Morgan fingerprint density at radius 1 is 1.25 bits per heavy atom. The van der Waals surface area contributed by atoms with Gasteiger partial charge in [0.25, 0.3) is 0 Å². The highest BCUT2D eigenvalue weighted by atomic mass is 127. The fraction of sp³-hybridized carbons (Fsp3) is 0.389. The van der Waals surface area contributed by atoms with Gasteiger partial charge in [0, 0.05) is 15.0 Å². The average molecular weight is 529 g/mol. The van der Waals surface area contributed by atoms with E-state index in [-0.39, 0.29) is 5.75 Å². The second-order valence-corrected chi connectivity index (χ2v) is 10.8. The summed E-state index contributed by atoms with van der Waals surface area (Å²) >= 11 is 3.97. The summed E-state index contributed by atoms with van der Waals surface area (Å²) in [4.78, 5) is 14.6. The van der Waals surface area contributed by atoms with Crippen LogP contribution < -0.4 is 5.14 Å². The number of nitrogens with zero attached hydrogens (tertiary/aromatic N) is 4. The third-order valence-corrected chi connectivity index (χ3v) is 8.01. The van der Waals surface area contributed by atoms with Crippen LogP contribution in [0.4, 0.5) is 0 Å². The molecule has 4 rings (SSSR count). The van der Waals surface area contributed by atoms with E-state index in [1.807, 2.05) is 11.5 Å². The molecular formula is C18H20IN5O2S2. The fourth-order valence-electron chi connectivity index (χ4n) is 3.48. The molecule has 0 saturated carbocycles. The standard InChI is InChI=1S/C18H20IN5O2S2/c1-11-16-17(22-10-21-11)24(6-3-7-28(20,25)26)18(23-16)27-15-9-13-5-2-4-12(13)8-14(15)19/h8-10H,2-7H2,1H3,(H2,20,25,26). The molecule has 0 saturated heterocycles. The highest BCUT2D eigenvalue weighted by Crippen LogP contribution is 2.36. The van der Waals surface area contributed by atoms with Crippen LogP contribution in [-0.4, -0.2) is 33.7 Å². The number of imidazole rings is 1. The lowest BCUT2D eigenvalue weighted by atomic mass is 10.1. The van der Waals surface area contributed by atoms with E-state index >= 15 is 0 Å². The van der Waals surface area contributed by atoms with Crippen molar-refractivity contribution in [1.29, 1.82) is 0 Å². The largest absolute Gasteiger partial charge is 0.303 e. The summed E-state index contributed by atoms with van der Waals surface area (Å²) in [6, 6.07) is 4.53. The molecule has 0 aliphatic heterocycles. The maximum absolute atomic E-state index is 11.3. The molecule has 0 amide bonds. The lowest BCUT2D eigenvalue weighted by Crippen LogP contribution is -2.18. The van der Waals surface area contributed by atoms with E-state index in [2.05, 4.69) is 44.7 Å². The summed E-state index contributed by atoms with van der Waals surface area (Å²) in [6.07, 6.45) is 5.40. The average Bonchev–Trinajstić information content (AvgIpc) is 3.20. The highest BCUT2D eigenvalue weighted by molar-refractivity contribution is 14.1. The van der Waals surface area contributed by atoms with Gasteiger partial charge >= 0.3 is 0 Å². The zero-order valence-corrected chi connectivity index (χ0v) is 19.1. The molecule has 0 unspecified atom stereocenters. The van der Waals surface area contributed by atoms with Crippen molar-refractivity contribution in [3.05, 3.63) is 38.9 Å². The van der Waals surface area contributed by atoms with Gasteiger partial charge in [0.15, 0.2) is 10.8 Å². The molecule has 0 radical (unpaired) electrons. The molecule has 28 heavy (non-hydrogen) atoms. The van der Waals surface area contributed by atoms with Gasteiger partial charge < -0.3 is 4.57 Å². The number of halogens is 1. The van der Waals surface area contributed by atoms with Crippen molar-refractivity contribution in [2.45, 2.75) is 49.2 Å². The van der Waals surface area contributed by atoms with Crippen molar-refractivity contribution in [3.8, 4) is 0 Å². The normalized spacial score (nSPS) is 14.0. The molecule has 0 fully saturated rings. The molecule has 0 spiro atoms. The van der Waals surface area contributed by atoms with Crippen LogP contribution in [0.2, 0.25) is 0 Å². The SMILES string of the molecule is Cc1ncnc2c1nc(Sc1cc3c(cc1I)CCC3)n2CCCS(N)(=O)=O. The van der Waals surface area contributed by atoms with Gasteiger partial charge in [-0.1, -0.05) is 11.8 Å². The summed E-state index contributed by atoms with van der Waals surface area (Å²) in [5.41, 5.74) is 5.13. The molecule has 148 valence electrons. The molecule has 1 aliphatic rings. The Kier molecular flexibility index (Phi) is 5.64. The quantitative estimate of drug-likeness (QED) is 0.493. The molecule has 0 atom stereocenters. The minimum Gasteiger partial charge on any atom is -0.303 e. The number of rotatable bonds is 6. The van der Waals surface area contributed by atoms with Crippen molar-refractivity contribution < 1.29 is 8.42 Å². The van der Waals surface area contributed by atoms with Crippen LogP contribution in [0.1, 0.15) is 29.7 Å². The number of benzene rings is 1. The number of sulfonamides is 1. The van der Waals surface area contributed by atoms with Crippen LogP contribution >= 0.6 is 34.4 Å². The van der Waals surface area contributed by atoms with Gasteiger partial charge in [-0.15, -0.1) is 0 Å². The lowest BCUT2D eigenvalue weighted by molar-refractivity contribution is 0.582. The van der Waals surface area contributed by atoms with E-state index in [0.29, 0.717) is 13.0 Å². The Hall–Kier alpha value is -1.24. The number of primary sulfonamides is 1. The summed E-state index contributed by atoms with van der Waals surface area (Å²) < 4.78 is 25.8. The Balaban J connectivity index is 1.71. The van der Waals surface area contributed by atoms with Gasteiger partial charge in [-0.25, -0.2) is 28.5 Å². The molecular weight excluding hydrogens is 509 g/mol. The van der Waals surface area contributed by atoms with Crippen molar-refractivity contribution in [2.75, 3.05) is 5.75 Å². The maximum Gasteiger partial charge on any atom is 0.209 e. The third-order valence-electron chi connectivity index (χ3n) is 4.84. The smallest absolute Gasteiger partial charge is 0.209 e. The molecule has 2 heterocycles. The van der Waals surface area contributed by atoms with Crippen molar-refractivity contribution >= 4 is 55.5 Å². The predicted octanol–water partition coefficient (Wildman–Crippen LogP) is 3.06. The lowest BCUT2D eigenvalue weighted by Gasteiger charge is -2.10. The molecule has 7 nitrogen and oxygen atoms in total. The number of hydrogen-bond acceptors (Lipinski definition) is 6. The number of aromatic nitrogens is 4. The second-order valence-electron chi connectivity index (χ2n) is 6.90. The Morgan fingerprint density at radius 3 is 2.75 bits per heavy atom. The van der Waals surface area contributed by atoms with E-state index in [4.69, 9.17) is 10.1 Å². The molecule has 3 aromatic rings. The molecule has 2 aromatic heterocycles. The zero-order chi connectivity index (χ0) is 19.9. The monoisotopic (exact) mass is 529 g/mol. The number of hydrogen-bond donors (Lipinski definition) is 1. The highest BCUT2D eigenvalue weighted by Gasteiger charge is 2.19. The Bertz CT molecular complexity index is 1160. The summed E-state index contributed by atoms with van der Waals surface area (Å²) in [6.45, 7) is 2.38. The first-order chi connectivity index (χ1) is 13.3. The summed E-state index contributed by atoms with van der Waals surface area (Å²) in [7, 11) is -3.50. The van der Waals surface area contributed by atoms with Gasteiger partial charge in [-0.3, -0.25) is 0 Å². The molecule has 10 heteroatoms. The van der Waals surface area contributed by atoms with E-state index in [1.54, 1.807) is 11.8 Å². The van der Waals surface area contributed by atoms with E-state index in [0.717, 1.165) is 39.8 Å². The third kappa shape index (κ3) is 4.19. The van der Waals surface area contributed by atoms with Gasteiger partial charge in [0.2, 0.25) is 10.0 Å². The maximum atomic E-state index is 11.3. The first-order valence-electron chi connectivity index (χ1n) is 8.99. The zero-order valence-electron chi connectivity index (χ0n) is 15.4. The minimum atomic E-state index is -3.50. The molecule has 0 bridgehead atoms. The predicted molar refractivity (Wildman–Crippen MR) is 118 cm³/mol. The van der Waals surface area contributed by atoms with Crippen LogP contribution in [0.15, 0.2) is 28.5 Å². The molecule has 1 aromatic carbocycles. The van der Waals surface area contributed by atoms with Gasteiger partial charge in [-0.2, -0.15) is 0 Å². The number of fused-ring (bicyclic) bond motifs is 2. The van der Waals surface area contributed by atoms with Crippen molar-refractivity contribution in [2.24, 2.45) is 5.14 Å². The van der Waals surface area contributed by atoms with E-state index in [9.17, 15) is 8.42 Å². The molecule has 2 N–H and O–H groups in total. The van der Waals surface area contributed by atoms with Crippen LogP contribution in [-0.2, 0) is 29.4 Å². The fourth-order valence-corrected chi connectivity index (χ4v) is 5.85. The van der Waals surface area contributed by atoms with Crippen LogP contribution in [0.5, 0.6) is 0 Å². The van der Waals surface area contributed by atoms with Crippen LogP contribution in [0, 0.1) is 10.5 Å². The van der Waals surface area contributed by atoms with E-state index < -0.39 is 10.0 Å².